The van der Waals surface area contributed by atoms with Gasteiger partial charge in [0.1, 0.15) is 5.75 Å². The summed E-state index contributed by atoms with van der Waals surface area (Å²) < 4.78 is 5.52. The SMILES string of the molecule is CCOc1ccc(C(CC(N)=O)c2c[nH]c3c(CC)cccc23)cc1. The Morgan fingerprint density at radius 2 is 1.92 bits per heavy atom. The minimum absolute atomic E-state index is 0.0750. The lowest BCUT2D eigenvalue weighted by atomic mass is 9.87. The summed E-state index contributed by atoms with van der Waals surface area (Å²) >= 11 is 0. The van der Waals surface area contributed by atoms with Crippen molar-refractivity contribution in [3.63, 3.8) is 0 Å². The fourth-order valence-corrected chi connectivity index (χ4v) is 3.39. The number of H-pyrrole nitrogens is 1. The first kappa shape index (κ1) is 17.1. The zero-order valence-electron chi connectivity index (χ0n) is 14.7. The Morgan fingerprint density at radius 3 is 2.56 bits per heavy atom. The van der Waals surface area contributed by atoms with E-state index in [1.807, 2.05) is 37.4 Å². The van der Waals surface area contributed by atoms with Gasteiger partial charge in [-0.3, -0.25) is 4.79 Å². The number of nitrogens with one attached hydrogen (secondary N) is 1. The molecule has 0 saturated carbocycles. The molecule has 1 amide bonds. The summed E-state index contributed by atoms with van der Waals surface area (Å²) in [6, 6.07) is 14.2. The first-order valence-corrected chi connectivity index (χ1v) is 8.74. The van der Waals surface area contributed by atoms with Crippen molar-refractivity contribution in [2.45, 2.75) is 32.6 Å². The minimum Gasteiger partial charge on any atom is -0.494 e. The second kappa shape index (κ2) is 7.43. The first-order valence-electron chi connectivity index (χ1n) is 8.74. The fourth-order valence-electron chi connectivity index (χ4n) is 3.39. The molecule has 3 N–H and O–H groups in total. The highest BCUT2D eigenvalue weighted by Gasteiger charge is 2.21. The molecule has 2 aromatic carbocycles. The molecule has 4 heteroatoms. The van der Waals surface area contributed by atoms with Gasteiger partial charge in [0.05, 0.1) is 6.61 Å². The molecule has 0 saturated heterocycles. The molecule has 0 spiro atoms. The lowest BCUT2D eigenvalue weighted by Crippen LogP contribution is -2.16. The number of fused-ring (bicyclic) bond motifs is 1. The van der Waals surface area contributed by atoms with E-state index < -0.39 is 0 Å². The maximum absolute atomic E-state index is 11.7. The van der Waals surface area contributed by atoms with Crippen molar-refractivity contribution in [2.75, 3.05) is 6.61 Å². The van der Waals surface area contributed by atoms with Crippen LogP contribution in [0.15, 0.2) is 48.7 Å². The predicted molar refractivity (Wildman–Crippen MR) is 101 cm³/mol. The molecule has 1 aromatic heterocycles. The van der Waals surface area contributed by atoms with Crippen LogP contribution in [0.2, 0.25) is 0 Å². The highest BCUT2D eigenvalue weighted by molar-refractivity contribution is 5.88. The van der Waals surface area contributed by atoms with Crippen molar-refractivity contribution in [3.05, 3.63) is 65.4 Å². The van der Waals surface area contributed by atoms with Crippen molar-refractivity contribution in [2.24, 2.45) is 5.73 Å². The Morgan fingerprint density at radius 1 is 1.16 bits per heavy atom. The van der Waals surface area contributed by atoms with E-state index in [0.29, 0.717) is 6.61 Å². The molecule has 0 radical (unpaired) electrons. The van der Waals surface area contributed by atoms with Gasteiger partial charge >= 0.3 is 0 Å². The molecule has 1 atom stereocenters. The van der Waals surface area contributed by atoms with Gasteiger partial charge in [-0.15, -0.1) is 0 Å². The predicted octanol–water partition coefficient (Wildman–Crippen LogP) is 4.14. The molecular weight excluding hydrogens is 312 g/mol. The topological polar surface area (TPSA) is 68.1 Å². The number of carbonyl (C=O) groups is 1. The molecule has 1 heterocycles. The molecule has 4 nitrogen and oxygen atoms in total. The van der Waals surface area contributed by atoms with Crippen molar-refractivity contribution < 1.29 is 9.53 Å². The number of aromatic amines is 1. The Kier molecular flexibility index (Phi) is 5.08. The van der Waals surface area contributed by atoms with E-state index in [1.54, 1.807) is 0 Å². The summed E-state index contributed by atoms with van der Waals surface area (Å²) in [5, 5.41) is 1.15. The van der Waals surface area contributed by atoms with Gasteiger partial charge in [0.25, 0.3) is 0 Å². The molecule has 0 aliphatic heterocycles. The number of hydrogen-bond acceptors (Lipinski definition) is 2. The van der Waals surface area contributed by atoms with Crippen LogP contribution in [0, 0.1) is 0 Å². The summed E-state index contributed by atoms with van der Waals surface area (Å²) in [7, 11) is 0. The van der Waals surface area contributed by atoms with Crippen molar-refractivity contribution in [1.29, 1.82) is 0 Å². The quantitative estimate of drug-likeness (QED) is 0.681. The molecule has 0 aliphatic rings. The second-order valence-electron chi connectivity index (χ2n) is 6.16. The maximum atomic E-state index is 11.7. The van der Waals surface area contributed by atoms with Crippen molar-refractivity contribution >= 4 is 16.8 Å². The Labute approximate surface area is 148 Å². The van der Waals surface area contributed by atoms with Crippen LogP contribution in [-0.2, 0) is 11.2 Å². The molecule has 0 bridgehead atoms. The number of benzene rings is 2. The van der Waals surface area contributed by atoms with Gasteiger partial charge in [-0.05, 0) is 42.2 Å². The number of primary amides is 1. The van der Waals surface area contributed by atoms with Crippen LogP contribution in [0.3, 0.4) is 0 Å². The molecule has 0 aliphatic carbocycles. The zero-order chi connectivity index (χ0) is 17.8. The van der Waals surface area contributed by atoms with E-state index in [0.717, 1.165) is 34.2 Å². The van der Waals surface area contributed by atoms with E-state index >= 15 is 0 Å². The number of para-hydroxylation sites is 1. The van der Waals surface area contributed by atoms with E-state index in [9.17, 15) is 4.79 Å². The number of nitrogens with two attached hydrogens (primary N) is 1. The number of aryl methyl sites for hydroxylation is 1. The van der Waals surface area contributed by atoms with Crippen LogP contribution < -0.4 is 10.5 Å². The third-order valence-corrected chi connectivity index (χ3v) is 4.59. The number of aromatic nitrogens is 1. The third kappa shape index (κ3) is 3.53. The Balaban J connectivity index is 2.05. The summed E-state index contributed by atoms with van der Waals surface area (Å²) in [5.41, 5.74) is 10.1. The summed E-state index contributed by atoms with van der Waals surface area (Å²) in [4.78, 5) is 15.1. The normalized spacial score (nSPS) is 12.2. The smallest absolute Gasteiger partial charge is 0.218 e. The van der Waals surface area contributed by atoms with Gasteiger partial charge in [0.15, 0.2) is 0 Å². The highest BCUT2D eigenvalue weighted by atomic mass is 16.5. The largest absolute Gasteiger partial charge is 0.494 e. The standard InChI is InChI=1S/C21H24N2O2/c1-3-14-6-5-7-17-19(13-23-21(14)17)18(12-20(22)24)15-8-10-16(11-9-15)25-4-2/h5-11,13,18,23H,3-4,12H2,1-2H3,(H2,22,24). The van der Waals surface area contributed by atoms with Crippen molar-refractivity contribution in [1.82, 2.24) is 4.98 Å². The molecular formula is C21H24N2O2. The van der Waals surface area contributed by atoms with Crippen LogP contribution in [0.5, 0.6) is 5.75 Å². The second-order valence-corrected chi connectivity index (χ2v) is 6.16. The van der Waals surface area contributed by atoms with Gasteiger partial charge < -0.3 is 15.5 Å². The summed E-state index contributed by atoms with van der Waals surface area (Å²) in [5.74, 6) is 0.449. The monoisotopic (exact) mass is 336 g/mol. The lowest BCUT2D eigenvalue weighted by Gasteiger charge is -2.16. The average Bonchev–Trinajstić information content (AvgIpc) is 3.04. The van der Waals surface area contributed by atoms with Gasteiger partial charge in [0, 0.05) is 29.4 Å². The van der Waals surface area contributed by atoms with Crippen LogP contribution in [0.25, 0.3) is 10.9 Å². The number of carbonyl (C=O) groups excluding carboxylic acids is 1. The van der Waals surface area contributed by atoms with E-state index in [-0.39, 0.29) is 18.2 Å². The highest BCUT2D eigenvalue weighted by Crippen LogP contribution is 2.35. The maximum Gasteiger partial charge on any atom is 0.218 e. The fraction of sp³-hybridized carbons (Fsp3) is 0.286. The first-order chi connectivity index (χ1) is 12.1. The van der Waals surface area contributed by atoms with Crippen molar-refractivity contribution in [3.8, 4) is 5.75 Å². The van der Waals surface area contributed by atoms with Gasteiger partial charge in [-0.25, -0.2) is 0 Å². The van der Waals surface area contributed by atoms with E-state index in [4.69, 9.17) is 10.5 Å². The van der Waals surface area contributed by atoms with Crippen LogP contribution in [0.4, 0.5) is 0 Å². The lowest BCUT2D eigenvalue weighted by molar-refractivity contribution is -0.118. The molecule has 130 valence electrons. The van der Waals surface area contributed by atoms with Crippen LogP contribution >= 0.6 is 0 Å². The molecule has 0 fully saturated rings. The van der Waals surface area contributed by atoms with Gasteiger partial charge in [0.2, 0.25) is 5.91 Å². The third-order valence-electron chi connectivity index (χ3n) is 4.59. The molecule has 1 unspecified atom stereocenters. The van der Waals surface area contributed by atoms with Gasteiger partial charge in [-0.2, -0.15) is 0 Å². The molecule has 3 rings (SSSR count). The van der Waals surface area contributed by atoms with E-state index in [2.05, 4.69) is 30.1 Å². The summed E-state index contributed by atoms with van der Waals surface area (Å²) in [6.07, 6.45) is 3.24. The molecule has 3 aromatic rings. The van der Waals surface area contributed by atoms with Gasteiger partial charge in [-0.1, -0.05) is 37.3 Å². The van der Waals surface area contributed by atoms with E-state index in [1.165, 1.54) is 5.56 Å². The number of rotatable bonds is 7. The molecule has 25 heavy (non-hydrogen) atoms. The van der Waals surface area contributed by atoms with Crippen LogP contribution in [-0.4, -0.2) is 17.5 Å². The minimum atomic E-state index is -0.306. The number of ether oxygens (including phenoxy) is 1. The Hall–Kier alpha value is -2.75. The average molecular weight is 336 g/mol. The zero-order valence-corrected chi connectivity index (χ0v) is 14.7. The van der Waals surface area contributed by atoms with Crippen LogP contribution in [0.1, 0.15) is 42.9 Å². The number of hydrogen-bond donors (Lipinski definition) is 2. The number of amides is 1. The summed E-state index contributed by atoms with van der Waals surface area (Å²) in [6.45, 7) is 4.73. The Bertz CT molecular complexity index is 865.